The van der Waals surface area contributed by atoms with Crippen molar-refractivity contribution in [3.63, 3.8) is 0 Å². The highest BCUT2D eigenvalue weighted by molar-refractivity contribution is 6.34. The number of epoxide rings is 1. The van der Waals surface area contributed by atoms with Crippen LogP contribution in [-0.2, 0) is 35.0 Å². The molecule has 2 amide bonds. The average molecular weight is 682 g/mol. The first-order chi connectivity index (χ1) is 22.6. The third-order valence-corrected chi connectivity index (χ3v) is 10.1. The fourth-order valence-corrected chi connectivity index (χ4v) is 6.97. The summed E-state index contributed by atoms with van der Waals surface area (Å²) in [5.41, 5.74) is 7.39. The van der Waals surface area contributed by atoms with Gasteiger partial charge in [0.25, 0.3) is 0 Å². The molecule has 2 aromatic rings. The lowest BCUT2D eigenvalue weighted by Crippen LogP contribution is -2.53. The van der Waals surface area contributed by atoms with Crippen molar-refractivity contribution in [3.8, 4) is 0 Å². The number of nitrogens with one attached hydrogen (secondary N) is 1. The molecular formula is C36H44ClN3O8. The number of aryl methyl sites for hydroxylation is 1. The largest absolute Gasteiger partial charge is 0.462 e. The Hall–Kier alpha value is -3.90. The molecule has 0 aromatic heterocycles. The Balaban J connectivity index is 1.52. The molecule has 3 aliphatic rings. The van der Waals surface area contributed by atoms with Crippen molar-refractivity contribution in [2.45, 2.75) is 89.0 Å². The SMILES string of the molecule is CO[C@@H]1/C=C/C=C(\C)Cc2cc(C)c(Cl)c(c2)N(C)C(=O)C[C@H](OC(=O)Nc2ccc(N)cc2)[C@]2(C)O[C@H]2[C@H](C)[C@@H]2C[C@@]1(O)CC(=O)O2. The van der Waals surface area contributed by atoms with Crippen LogP contribution in [0.3, 0.4) is 0 Å². The van der Waals surface area contributed by atoms with Crippen LogP contribution in [0, 0.1) is 12.8 Å². The predicted molar refractivity (Wildman–Crippen MR) is 183 cm³/mol. The van der Waals surface area contributed by atoms with E-state index in [1.165, 1.54) is 12.0 Å². The number of esters is 1. The Kier molecular flexibility index (Phi) is 10.3. The molecular weight excluding hydrogens is 638 g/mol. The van der Waals surface area contributed by atoms with Crippen LogP contribution in [0.5, 0.6) is 0 Å². The van der Waals surface area contributed by atoms with E-state index in [0.29, 0.717) is 28.5 Å². The van der Waals surface area contributed by atoms with E-state index < -0.39 is 53.6 Å². The molecule has 12 heteroatoms. The van der Waals surface area contributed by atoms with Crippen LogP contribution in [0.2, 0.25) is 5.02 Å². The van der Waals surface area contributed by atoms with E-state index in [1.54, 1.807) is 44.3 Å². The highest BCUT2D eigenvalue weighted by atomic mass is 35.5. The van der Waals surface area contributed by atoms with Crippen LogP contribution in [0.1, 0.15) is 51.2 Å². The molecule has 258 valence electrons. The normalized spacial score (nSPS) is 32.7. The summed E-state index contributed by atoms with van der Waals surface area (Å²) in [7, 11) is 3.12. The number of hydrogen-bond donors (Lipinski definition) is 3. The number of aliphatic hydroxyl groups is 1. The Morgan fingerprint density at radius 1 is 1.19 bits per heavy atom. The first kappa shape index (κ1) is 35.4. The number of hydrogen-bond acceptors (Lipinski definition) is 9. The fraction of sp³-hybridized carbons (Fsp3) is 0.472. The van der Waals surface area contributed by atoms with Gasteiger partial charge in [0.05, 0.1) is 29.7 Å². The van der Waals surface area contributed by atoms with Gasteiger partial charge in [0.15, 0.2) is 0 Å². The first-order valence-electron chi connectivity index (χ1n) is 16.0. The second-order valence-electron chi connectivity index (χ2n) is 13.4. The summed E-state index contributed by atoms with van der Waals surface area (Å²) in [6, 6.07) is 10.4. The summed E-state index contributed by atoms with van der Waals surface area (Å²) < 4.78 is 23.6. The number of rotatable bonds is 3. The van der Waals surface area contributed by atoms with Gasteiger partial charge in [0, 0.05) is 37.9 Å². The lowest BCUT2D eigenvalue weighted by molar-refractivity contribution is -0.187. The minimum Gasteiger partial charge on any atom is -0.462 e. The number of nitrogens with zero attached hydrogens (tertiary/aromatic N) is 1. The number of methoxy groups -OCH3 is 1. The van der Waals surface area contributed by atoms with Crippen molar-refractivity contribution in [3.05, 3.63) is 76.3 Å². The second kappa shape index (κ2) is 13.9. The monoisotopic (exact) mass is 681 g/mol. The standard InChI is InChI=1S/C36H44ClN3O8/c1-20-8-7-9-28(45-6)36(44)18-27(46-31(42)19-36)22(3)33-35(4,48-33)29(47-34(43)39-25-12-10-24(38)11-13-25)17-30(41)40(5)26-16-23(14-20)15-21(2)32(26)37/h7-13,15-16,22,27-29,33,44H,14,17-19,38H2,1-6H3,(H,39,43)/b9-7+,20-8+/t22-,27+,28-,29+,33+,35+,36-/m1/s1. The number of benzene rings is 2. The molecule has 0 aliphatic carbocycles. The number of nitrogens with two attached hydrogens (primary N) is 1. The van der Waals surface area contributed by atoms with Crippen LogP contribution < -0.4 is 16.0 Å². The lowest BCUT2D eigenvalue weighted by atomic mass is 9.78. The lowest BCUT2D eigenvalue weighted by Gasteiger charge is -2.41. The number of allylic oxidation sites excluding steroid dienone is 3. The molecule has 5 rings (SSSR count). The molecule has 2 aromatic carbocycles. The van der Waals surface area contributed by atoms with Crippen LogP contribution in [0.15, 0.2) is 60.2 Å². The molecule has 0 unspecified atom stereocenters. The Bertz CT molecular complexity index is 1630. The fourth-order valence-electron chi connectivity index (χ4n) is 6.74. The van der Waals surface area contributed by atoms with Gasteiger partial charge in [-0.1, -0.05) is 48.4 Å². The summed E-state index contributed by atoms with van der Waals surface area (Å²) in [5, 5.41) is 14.9. The van der Waals surface area contributed by atoms with Gasteiger partial charge in [-0.05, 0) is 68.7 Å². The van der Waals surface area contributed by atoms with Gasteiger partial charge in [-0.25, -0.2) is 4.79 Å². The molecule has 4 N–H and O–H groups in total. The molecule has 48 heavy (non-hydrogen) atoms. The molecule has 11 nitrogen and oxygen atoms in total. The van der Waals surface area contributed by atoms with Gasteiger partial charge in [-0.2, -0.15) is 0 Å². The van der Waals surface area contributed by atoms with Gasteiger partial charge in [-0.15, -0.1) is 0 Å². The molecule has 0 radical (unpaired) electrons. The maximum absolute atomic E-state index is 13.9. The minimum atomic E-state index is -1.54. The number of halogens is 1. The quantitative estimate of drug-likeness (QED) is 0.216. The topological polar surface area (TPSA) is 153 Å². The smallest absolute Gasteiger partial charge is 0.412 e. The van der Waals surface area contributed by atoms with E-state index in [2.05, 4.69) is 5.32 Å². The van der Waals surface area contributed by atoms with E-state index in [1.807, 2.05) is 45.1 Å². The maximum atomic E-state index is 13.9. The Morgan fingerprint density at radius 2 is 1.90 bits per heavy atom. The maximum Gasteiger partial charge on any atom is 0.412 e. The molecule has 4 bridgehead atoms. The Labute approximate surface area is 286 Å². The van der Waals surface area contributed by atoms with E-state index in [-0.39, 0.29) is 25.2 Å². The van der Waals surface area contributed by atoms with Crippen molar-refractivity contribution in [1.29, 1.82) is 0 Å². The highest BCUT2D eigenvalue weighted by Gasteiger charge is 2.64. The number of carbonyl (C=O) groups excluding carboxylic acids is 3. The molecule has 0 saturated carbocycles. The Morgan fingerprint density at radius 3 is 2.58 bits per heavy atom. The van der Waals surface area contributed by atoms with Crippen LogP contribution in [-0.4, -0.2) is 72.9 Å². The van der Waals surface area contributed by atoms with Crippen molar-refractivity contribution in [2.75, 3.05) is 30.1 Å². The zero-order valence-corrected chi connectivity index (χ0v) is 28.9. The molecule has 3 aliphatic heterocycles. The van der Waals surface area contributed by atoms with Gasteiger partial charge in [0.2, 0.25) is 5.91 Å². The third-order valence-electron chi connectivity index (χ3n) is 9.61. The van der Waals surface area contributed by atoms with Crippen LogP contribution in [0.4, 0.5) is 21.9 Å². The van der Waals surface area contributed by atoms with Gasteiger partial charge in [-0.3, -0.25) is 14.9 Å². The summed E-state index contributed by atoms with van der Waals surface area (Å²) in [6.07, 6.45) is 1.73. The molecule has 3 heterocycles. The van der Waals surface area contributed by atoms with E-state index >= 15 is 0 Å². The molecule has 7 atom stereocenters. The third kappa shape index (κ3) is 7.54. The van der Waals surface area contributed by atoms with E-state index in [4.69, 9.17) is 36.3 Å². The zero-order valence-electron chi connectivity index (χ0n) is 28.1. The first-order valence-corrected chi connectivity index (χ1v) is 16.4. The summed E-state index contributed by atoms with van der Waals surface area (Å²) in [5.74, 6) is -1.35. The summed E-state index contributed by atoms with van der Waals surface area (Å²) in [6.45, 7) is 7.46. The van der Waals surface area contributed by atoms with Crippen molar-refractivity contribution in [1.82, 2.24) is 0 Å². The highest BCUT2D eigenvalue weighted by Crippen LogP contribution is 2.49. The van der Waals surface area contributed by atoms with Crippen molar-refractivity contribution in [2.24, 2.45) is 5.92 Å². The van der Waals surface area contributed by atoms with Crippen molar-refractivity contribution < 1.29 is 38.4 Å². The number of ether oxygens (including phenoxy) is 4. The predicted octanol–water partition coefficient (Wildman–Crippen LogP) is 5.50. The number of carbonyl (C=O) groups is 3. The number of amides is 2. The van der Waals surface area contributed by atoms with E-state index in [0.717, 1.165) is 16.7 Å². The van der Waals surface area contributed by atoms with Crippen LogP contribution >= 0.6 is 11.6 Å². The van der Waals surface area contributed by atoms with Gasteiger partial charge in [0.1, 0.15) is 29.5 Å². The molecule has 2 fully saturated rings. The zero-order chi connectivity index (χ0) is 35.0. The summed E-state index contributed by atoms with van der Waals surface area (Å²) in [4.78, 5) is 41.5. The van der Waals surface area contributed by atoms with Gasteiger partial charge < -0.3 is 34.7 Å². The average Bonchev–Trinajstić information content (AvgIpc) is 3.72. The molecule has 0 spiro atoms. The number of nitrogen functional groups attached to an aromatic ring is 1. The minimum absolute atomic E-state index is 0.0931. The van der Waals surface area contributed by atoms with Gasteiger partial charge >= 0.3 is 12.1 Å². The summed E-state index contributed by atoms with van der Waals surface area (Å²) >= 11 is 6.74. The molecule has 2 saturated heterocycles. The second-order valence-corrected chi connectivity index (χ2v) is 13.7. The van der Waals surface area contributed by atoms with E-state index in [9.17, 15) is 19.5 Å². The number of anilines is 3. The van der Waals surface area contributed by atoms with Crippen LogP contribution in [0.25, 0.3) is 0 Å². The van der Waals surface area contributed by atoms with Crippen molar-refractivity contribution >= 4 is 46.6 Å². The number of fused-ring (bicyclic) bond motifs is 5.